The fraction of sp³-hybridized carbons (Fsp3) is 0.156. The van der Waals surface area contributed by atoms with Gasteiger partial charge in [-0.2, -0.15) is 0 Å². The summed E-state index contributed by atoms with van der Waals surface area (Å²) in [6.07, 6.45) is 3.81. The van der Waals surface area contributed by atoms with Crippen molar-refractivity contribution in [3.8, 4) is 22.5 Å². The summed E-state index contributed by atoms with van der Waals surface area (Å²) in [6, 6.07) is 47.0. The third-order valence-corrected chi connectivity index (χ3v) is 11.3. The molecule has 0 saturated carbocycles. The third kappa shape index (κ3) is 7.00. The van der Waals surface area contributed by atoms with Crippen LogP contribution in [-0.2, 0) is 25.5 Å². The van der Waals surface area contributed by atoms with Gasteiger partial charge in [0.05, 0.1) is 13.7 Å². The zero-order chi connectivity index (χ0) is 36.7. The minimum Gasteiger partial charge on any atom is -0.500 e. The first-order valence-electron chi connectivity index (χ1n) is 18.1. The first-order valence-corrected chi connectivity index (χ1v) is 20.1. The van der Waals surface area contributed by atoms with Crippen molar-refractivity contribution in [2.45, 2.75) is 45.8 Å². The molecular weight excluding hydrogens is 805 g/mol. The Labute approximate surface area is 314 Å². The quantitative estimate of drug-likeness (QED) is 0.128. The van der Waals surface area contributed by atoms with Gasteiger partial charge in [0.1, 0.15) is 5.58 Å². The number of benzene rings is 5. The normalized spacial score (nSPS) is 12.8. The van der Waals surface area contributed by atoms with Gasteiger partial charge in [-0.15, -0.1) is 53.6 Å². The molecule has 0 unspecified atom stereocenters. The summed E-state index contributed by atoms with van der Waals surface area (Å²) in [5.41, 5.74) is 7.81. The summed E-state index contributed by atoms with van der Waals surface area (Å²) in [5, 5.41) is 5.82. The second kappa shape index (κ2) is 14.3. The zero-order valence-electron chi connectivity index (χ0n) is 31.8. The van der Waals surface area contributed by atoms with Crippen LogP contribution < -0.4 is 5.19 Å². The number of rotatable bonds is 5. The predicted octanol–water partition coefficient (Wildman–Crippen LogP) is 11.3. The van der Waals surface area contributed by atoms with Crippen molar-refractivity contribution in [2.24, 2.45) is 0 Å². The van der Waals surface area contributed by atoms with Crippen LogP contribution in [0.25, 0.3) is 55.2 Å². The van der Waals surface area contributed by atoms with Crippen molar-refractivity contribution in [3.63, 3.8) is 0 Å². The molecule has 5 aromatic carbocycles. The number of hydrogen-bond acceptors (Lipinski definition) is 3. The van der Waals surface area contributed by atoms with Gasteiger partial charge in [-0.1, -0.05) is 136 Å². The monoisotopic (exact) mass is 848 g/mol. The molecule has 0 atom stereocenters. The zero-order valence-corrected chi connectivity index (χ0v) is 32.2. The summed E-state index contributed by atoms with van der Waals surface area (Å²) in [6.45, 7) is 9.26. The number of aryl methyl sites for hydroxylation is 1. The van der Waals surface area contributed by atoms with Crippen LogP contribution in [0.3, 0.4) is 0 Å². The summed E-state index contributed by atoms with van der Waals surface area (Å²) in [4.78, 5) is 9.18. The molecule has 0 aliphatic rings. The van der Waals surface area contributed by atoms with Gasteiger partial charge in [-0.3, -0.25) is 0 Å². The van der Waals surface area contributed by atoms with Gasteiger partial charge in [-0.05, 0) is 39.2 Å². The molecule has 5 heteroatoms. The molecule has 0 bridgehead atoms. The number of pyridine rings is 2. The van der Waals surface area contributed by atoms with Gasteiger partial charge in [-0.25, -0.2) is 0 Å². The van der Waals surface area contributed by atoms with Crippen molar-refractivity contribution in [3.05, 3.63) is 163 Å². The maximum atomic E-state index is 7.35. The second-order valence-corrected chi connectivity index (χ2v) is 19.0. The van der Waals surface area contributed by atoms with Gasteiger partial charge >= 0.3 is 0 Å². The van der Waals surface area contributed by atoms with Crippen molar-refractivity contribution in [1.29, 1.82) is 0 Å². The Balaban J connectivity index is 0.000000199. The first-order chi connectivity index (χ1) is 24.8. The number of fused-ring (bicyclic) bond motifs is 5. The van der Waals surface area contributed by atoms with Crippen LogP contribution in [-0.4, -0.2) is 18.0 Å². The van der Waals surface area contributed by atoms with Crippen LogP contribution in [0.1, 0.15) is 34.7 Å². The van der Waals surface area contributed by atoms with E-state index in [9.17, 15) is 0 Å². The predicted molar refractivity (Wildman–Crippen MR) is 208 cm³/mol. The van der Waals surface area contributed by atoms with E-state index in [1.165, 1.54) is 27.8 Å². The van der Waals surface area contributed by atoms with Crippen LogP contribution in [0.5, 0.6) is 0 Å². The van der Waals surface area contributed by atoms with E-state index in [1.54, 1.807) is 12.1 Å². The number of aromatic nitrogens is 2. The molecule has 0 N–H and O–H groups in total. The molecule has 0 fully saturated rings. The minimum absolute atomic E-state index is 0. The average molecular weight is 848 g/mol. The van der Waals surface area contributed by atoms with Crippen LogP contribution >= 0.6 is 0 Å². The van der Waals surface area contributed by atoms with E-state index in [2.05, 4.69) is 142 Å². The van der Waals surface area contributed by atoms with E-state index in [4.69, 9.17) is 13.5 Å². The van der Waals surface area contributed by atoms with Gasteiger partial charge in [0.25, 0.3) is 0 Å². The summed E-state index contributed by atoms with van der Waals surface area (Å²) >= 11 is 0. The van der Waals surface area contributed by atoms with Crippen LogP contribution in [0.4, 0.5) is 0 Å². The minimum atomic E-state index is -2.08. The van der Waals surface area contributed by atoms with Crippen LogP contribution in [0, 0.1) is 19.0 Å². The summed E-state index contributed by atoms with van der Waals surface area (Å²) in [5.74, 6) is 0. The molecule has 0 spiro atoms. The first kappa shape index (κ1) is 31.3. The molecule has 0 saturated heterocycles. The number of nitrogens with zero attached hydrogens (tertiary/aromatic N) is 2. The van der Waals surface area contributed by atoms with Crippen LogP contribution in [0.15, 0.2) is 138 Å². The standard InChI is InChI=1S/C30H22NO.C15H18NSi.Ir/c1-30(2,21-10-4-3-5-11-21)22-17-18-31-27(19-22)26-14-8-13-24-25-16-15-20-9-6-7-12-23(20)28(25)32-29(24)26;1-12-5-7-13(8-6-12)15-10-9-14(11-16-15)17(2,3)4;/h3-13,15-19H,1-2H3;5-7,9-11H,1-4H3;/q2*-1;/i;1D3;. The van der Waals surface area contributed by atoms with Gasteiger partial charge in [0.15, 0.2) is 0 Å². The Hall–Kier alpha value is -4.67. The molecule has 3 nitrogen and oxygen atoms in total. The molecular formula is C45H40IrN2OSi-2. The maximum absolute atomic E-state index is 7.35. The second-order valence-electron chi connectivity index (χ2n) is 14.0. The summed E-state index contributed by atoms with van der Waals surface area (Å²) in [7, 11) is -1.34. The van der Waals surface area contributed by atoms with Gasteiger partial charge in [0.2, 0.25) is 0 Å². The maximum Gasteiger partial charge on any atom is 0.128 e. The Morgan fingerprint density at radius 3 is 2.20 bits per heavy atom. The number of furan rings is 1. The van der Waals surface area contributed by atoms with Gasteiger partial charge < -0.3 is 14.4 Å². The third-order valence-electron chi connectivity index (χ3n) is 9.27. The Kier molecular flexibility index (Phi) is 8.95. The van der Waals surface area contributed by atoms with Crippen molar-refractivity contribution < 1.29 is 28.6 Å². The molecule has 50 heavy (non-hydrogen) atoms. The molecule has 8 rings (SSSR count). The topological polar surface area (TPSA) is 38.9 Å². The Morgan fingerprint density at radius 1 is 0.700 bits per heavy atom. The van der Waals surface area contributed by atoms with E-state index in [-0.39, 0.29) is 25.5 Å². The largest absolute Gasteiger partial charge is 0.500 e. The van der Waals surface area contributed by atoms with Crippen molar-refractivity contribution in [2.75, 3.05) is 0 Å². The Morgan fingerprint density at radius 2 is 1.48 bits per heavy atom. The Bertz CT molecular complexity index is 2450. The molecule has 8 aromatic rings. The SMILES string of the molecule is CC(C)(c1ccccc1)c1ccnc(-c2[c-]ccc3c2oc2c4ccccc4ccc32)c1.[2H]C([2H])([2H])c1c[c-]c(-c2ccc([Si](C)(C)C)cn2)cc1.[Ir]. The molecule has 1 radical (unpaired) electrons. The van der Waals surface area contributed by atoms with Crippen LogP contribution in [0.2, 0.25) is 19.6 Å². The molecule has 0 aliphatic carbocycles. The molecule has 3 aromatic heterocycles. The smallest absolute Gasteiger partial charge is 0.128 e. The fourth-order valence-electron chi connectivity index (χ4n) is 6.22. The van der Waals surface area contributed by atoms with E-state index < -0.39 is 14.9 Å². The average Bonchev–Trinajstić information content (AvgIpc) is 3.55. The van der Waals surface area contributed by atoms with Crippen molar-refractivity contribution in [1.82, 2.24) is 9.97 Å². The fourth-order valence-corrected chi connectivity index (χ4v) is 7.25. The van der Waals surface area contributed by atoms with E-state index >= 15 is 0 Å². The van der Waals surface area contributed by atoms with E-state index in [0.717, 1.165) is 49.8 Å². The van der Waals surface area contributed by atoms with Gasteiger partial charge in [0, 0.05) is 52.8 Å². The summed E-state index contributed by atoms with van der Waals surface area (Å²) < 4.78 is 28.5. The molecule has 0 amide bonds. The molecule has 3 heterocycles. The van der Waals surface area contributed by atoms with Crippen molar-refractivity contribution >= 4 is 46.0 Å². The molecule has 0 aliphatic heterocycles. The number of hydrogen-bond donors (Lipinski definition) is 0. The molecule has 251 valence electrons. The van der Waals surface area contributed by atoms with E-state index in [0.29, 0.717) is 5.56 Å². The van der Waals surface area contributed by atoms with E-state index in [1.807, 2.05) is 24.5 Å².